The SMILES string of the molecule is CC#N.F[P-](F)(F)(F)(F)F.F[P-](F)(F)(F)(F)F.[Cu+2].c1ccc(CN2CCCN(Cc3ccccn3)CC2)nc1. The van der Waals surface area contributed by atoms with Crippen LogP contribution in [0.1, 0.15) is 24.7 Å². The molecule has 0 aliphatic carbocycles. The number of rotatable bonds is 4. The molecule has 1 aliphatic heterocycles. The first-order valence-corrected chi connectivity index (χ1v) is 14.5. The molecule has 231 valence electrons. The first kappa shape index (κ1) is 39.4. The van der Waals surface area contributed by atoms with Crippen LogP contribution in [-0.2, 0) is 30.2 Å². The fourth-order valence-electron chi connectivity index (χ4n) is 2.78. The van der Waals surface area contributed by atoms with Crippen molar-refractivity contribution in [2.75, 3.05) is 26.2 Å². The van der Waals surface area contributed by atoms with Crippen molar-refractivity contribution >= 4 is 15.6 Å². The van der Waals surface area contributed by atoms with Crippen molar-refractivity contribution in [3.8, 4) is 6.07 Å². The molecule has 0 saturated carbocycles. The fourth-order valence-corrected chi connectivity index (χ4v) is 2.78. The van der Waals surface area contributed by atoms with E-state index >= 15 is 0 Å². The molecule has 1 radical (unpaired) electrons. The van der Waals surface area contributed by atoms with Gasteiger partial charge in [0.1, 0.15) is 0 Å². The number of halogens is 12. The third kappa shape index (κ3) is 38.5. The monoisotopic (exact) mass is 676 g/mol. The van der Waals surface area contributed by atoms with Gasteiger partial charge in [-0.05, 0) is 43.8 Å². The molecule has 0 bridgehead atoms. The van der Waals surface area contributed by atoms with Gasteiger partial charge in [0.05, 0.1) is 17.5 Å². The third-order valence-electron chi connectivity index (χ3n) is 3.90. The predicted molar refractivity (Wildman–Crippen MR) is 122 cm³/mol. The van der Waals surface area contributed by atoms with Gasteiger partial charge in [-0.3, -0.25) is 19.8 Å². The van der Waals surface area contributed by atoms with Gasteiger partial charge in [-0.15, -0.1) is 0 Å². The predicted octanol–water partition coefficient (Wildman–Crippen LogP) is 9.48. The summed E-state index contributed by atoms with van der Waals surface area (Å²) in [5, 5.41) is 7.32. The standard InChI is InChI=1S/C17H22N4.C2H3N.Cu.2F6P/c1-3-8-18-16(6-1)14-20-10-5-11-21(13-12-20)15-17-7-2-4-9-19-17;1-2-3;;2*1-7(2,3,4,5)6/h1-4,6-9H,5,10-15H2;1H3;;;/q;;+2;2*-1. The van der Waals surface area contributed by atoms with Crippen LogP contribution in [0.2, 0.25) is 0 Å². The molecule has 0 aromatic carbocycles. The molecule has 20 heteroatoms. The number of nitrogens with zero attached hydrogens (tertiary/aromatic N) is 5. The van der Waals surface area contributed by atoms with E-state index in [0.29, 0.717) is 0 Å². The van der Waals surface area contributed by atoms with Gasteiger partial charge in [-0.25, -0.2) is 0 Å². The Kier molecular flexibility index (Phi) is 13.4. The first-order valence-electron chi connectivity index (χ1n) is 10.4. The van der Waals surface area contributed by atoms with Crippen molar-refractivity contribution in [3.63, 3.8) is 0 Å². The minimum atomic E-state index is -10.7. The minimum Gasteiger partial charge on any atom is -0.296 e. The Balaban J connectivity index is 0. The average Bonchev–Trinajstić information content (AvgIpc) is 2.91. The molecular weight excluding hydrogens is 652 g/mol. The van der Waals surface area contributed by atoms with Gasteiger partial charge in [0.2, 0.25) is 0 Å². The van der Waals surface area contributed by atoms with Gasteiger partial charge in [0.25, 0.3) is 0 Å². The zero-order chi connectivity index (χ0) is 29.9. The van der Waals surface area contributed by atoms with E-state index in [1.165, 1.54) is 13.3 Å². The normalized spacial score (nSPS) is 17.9. The Morgan fingerprint density at radius 2 is 0.949 bits per heavy atom. The summed E-state index contributed by atoms with van der Waals surface area (Å²) in [6, 6.07) is 14.0. The molecule has 2 aromatic heterocycles. The molecule has 0 atom stereocenters. The Labute approximate surface area is 227 Å². The third-order valence-corrected chi connectivity index (χ3v) is 3.90. The van der Waals surface area contributed by atoms with E-state index in [-0.39, 0.29) is 17.1 Å². The Morgan fingerprint density at radius 1 is 0.667 bits per heavy atom. The number of pyridine rings is 2. The zero-order valence-corrected chi connectivity index (χ0v) is 22.8. The van der Waals surface area contributed by atoms with Crippen LogP contribution in [0.25, 0.3) is 0 Å². The molecule has 5 nitrogen and oxygen atoms in total. The first-order chi connectivity index (χ1) is 16.7. The average molecular weight is 677 g/mol. The molecule has 3 heterocycles. The van der Waals surface area contributed by atoms with Crippen LogP contribution in [0.3, 0.4) is 0 Å². The largest absolute Gasteiger partial charge is 2.00 e. The minimum absolute atomic E-state index is 0. The van der Waals surface area contributed by atoms with Crippen LogP contribution >= 0.6 is 15.6 Å². The van der Waals surface area contributed by atoms with E-state index in [1.54, 1.807) is 6.07 Å². The van der Waals surface area contributed by atoms with Crippen LogP contribution in [0.15, 0.2) is 48.8 Å². The topological polar surface area (TPSA) is 56.1 Å². The van der Waals surface area contributed by atoms with Gasteiger partial charge in [0, 0.05) is 45.5 Å². The van der Waals surface area contributed by atoms with Crippen LogP contribution < -0.4 is 0 Å². The van der Waals surface area contributed by atoms with E-state index in [1.807, 2.05) is 24.5 Å². The van der Waals surface area contributed by atoms with Gasteiger partial charge < -0.3 is 0 Å². The van der Waals surface area contributed by atoms with E-state index in [2.05, 4.69) is 44.0 Å². The van der Waals surface area contributed by atoms with E-state index < -0.39 is 15.6 Å². The Hall–Kier alpha value is -1.75. The number of hydrogen-bond acceptors (Lipinski definition) is 5. The summed E-state index contributed by atoms with van der Waals surface area (Å²) in [5.74, 6) is 0. The smallest absolute Gasteiger partial charge is 0.296 e. The summed E-state index contributed by atoms with van der Waals surface area (Å²) in [6.45, 7) is 7.84. The molecule has 39 heavy (non-hydrogen) atoms. The molecule has 1 saturated heterocycles. The van der Waals surface area contributed by atoms with Gasteiger partial charge in [0.15, 0.2) is 0 Å². The maximum atomic E-state index is 9.87. The maximum Gasteiger partial charge on any atom is 2.00 e. The molecule has 1 aliphatic rings. The van der Waals surface area contributed by atoms with Crippen molar-refractivity contribution in [2.45, 2.75) is 26.4 Å². The summed E-state index contributed by atoms with van der Waals surface area (Å²) < 4.78 is 118. The quantitative estimate of drug-likeness (QED) is 0.184. The van der Waals surface area contributed by atoms with Crippen molar-refractivity contribution in [1.29, 1.82) is 5.26 Å². The van der Waals surface area contributed by atoms with E-state index in [9.17, 15) is 50.4 Å². The van der Waals surface area contributed by atoms with Crippen molar-refractivity contribution in [3.05, 3.63) is 60.2 Å². The Morgan fingerprint density at radius 3 is 1.18 bits per heavy atom. The summed E-state index contributed by atoms with van der Waals surface area (Å²) >= 11 is 0. The van der Waals surface area contributed by atoms with Crippen molar-refractivity contribution in [1.82, 2.24) is 19.8 Å². The second-order valence-electron chi connectivity index (χ2n) is 7.69. The maximum absolute atomic E-state index is 10.7. The van der Waals surface area contributed by atoms with Crippen LogP contribution in [0.4, 0.5) is 50.4 Å². The molecule has 1 fully saturated rings. The Bertz CT molecular complexity index is 919. The number of aromatic nitrogens is 2. The zero-order valence-electron chi connectivity index (χ0n) is 20.0. The summed E-state index contributed by atoms with van der Waals surface area (Å²) in [7, 11) is -21.3. The number of nitriles is 1. The second kappa shape index (κ2) is 13.3. The molecule has 3 rings (SSSR count). The van der Waals surface area contributed by atoms with Gasteiger partial charge in [-0.2, -0.15) is 5.26 Å². The molecular formula is C19H25CuF12N5P2. The molecule has 0 amide bonds. The molecule has 0 spiro atoms. The van der Waals surface area contributed by atoms with Crippen LogP contribution in [0, 0.1) is 11.3 Å². The van der Waals surface area contributed by atoms with E-state index in [4.69, 9.17) is 5.26 Å². The molecule has 0 N–H and O–H groups in total. The van der Waals surface area contributed by atoms with Crippen molar-refractivity contribution in [2.24, 2.45) is 0 Å². The van der Waals surface area contributed by atoms with Gasteiger partial charge in [-0.1, -0.05) is 12.1 Å². The molecule has 0 unspecified atom stereocenters. The van der Waals surface area contributed by atoms with Crippen LogP contribution in [-0.4, -0.2) is 45.9 Å². The fraction of sp³-hybridized carbons (Fsp3) is 0.421. The summed E-state index contributed by atoms with van der Waals surface area (Å²) in [4.78, 5) is 13.9. The molecule has 2 aromatic rings. The number of hydrogen-bond donors (Lipinski definition) is 0. The second-order valence-corrected chi connectivity index (χ2v) is 11.5. The van der Waals surface area contributed by atoms with Gasteiger partial charge >= 0.3 is 83.0 Å². The van der Waals surface area contributed by atoms with Crippen LogP contribution in [0.5, 0.6) is 0 Å². The van der Waals surface area contributed by atoms with E-state index in [0.717, 1.165) is 50.7 Å². The summed E-state index contributed by atoms with van der Waals surface area (Å²) in [5.41, 5.74) is 2.33. The summed E-state index contributed by atoms with van der Waals surface area (Å²) in [6.07, 6.45) is 4.96. The van der Waals surface area contributed by atoms with Crippen molar-refractivity contribution < 1.29 is 67.4 Å².